The van der Waals surface area contributed by atoms with Crippen molar-refractivity contribution >= 4 is 29.3 Å². The highest BCUT2D eigenvalue weighted by Crippen LogP contribution is 2.32. The van der Waals surface area contributed by atoms with Gasteiger partial charge in [-0.05, 0) is 42.5 Å². The van der Waals surface area contributed by atoms with Gasteiger partial charge < -0.3 is 11.1 Å². The molecule has 5 nitrogen and oxygen atoms in total. The number of hydrogen-bond acceptors (Lipinski definition) is 4. The summed E-state index contributed by atoms with van der Waals surface area (Å²) in [5.41, 5.74) is 7.10. The van der Waals surface area contributed by atoms with Crippen LogP contribution >= 0.6 is 11.8 Å². The normalized spacial score (nSPS) is 10.0. The van der Waals surface area contributed by atoms with E-state index in [2.05, 4.69) is 11.4 Å². The lowest BCUT2D eigenvalue weighted by Crippen LogP contribution is -2.15. The molecule has 0 saturated carbocycles. The van der Waals surface area contributed by atoms with Crippen LogP contribution in [0.3, 0.4) is 0 Å². The van der Waals surface area contributed by atoms with Crippen molar-refractivity contribution in [3.8, 4) is 6.07 Å². The summed E-state index contributed by atoms with van der Waals surface area (Å²) < 4.78 is 0. The minimum absolute atomic E-state index is 0.311. The molecule has 0 aliphatic heterocycles. The van der Waals surface area contributed by atoms with Crippen molar-refractivity contribution in [2.24, 2.45) is 5.73 Å². The number of anilines is 1. The predicted octanol–water partition coefficient (Wildman–Crippen LogP) is 4.06. The molecule has 3 aromatic rings. The molecule has 0 unspecified atom stereocenters. The number of nitrogens with one attached hydrogen (secondary N) is 1. The van der Waals surface area contributed by atoms with Gasteiger partial charge in [0.15, 0.2) is 0 Å². The van der Waals surface area contributed by atoms with Crippen LogP contribution in [0.25, 0.3) is 0 Å². The van der Waals surface area contributed by atoms with Crippen molar-refractivity contribution in [1.82, 2.24) is 0 Å². The van der Waals surface area contributed by atoms with E-state index in [9.17, 15) is 14.9 Å². The van der Waals surface area contributed by atoms with Crippen LogP contribution in [-0.4, -0.2) is 11.8 Å². The Hall–Kier alpha value is -3.56. The molecule has 3 N–H and O–H groups in total. The molecule has 2 amide bonds. The molecular formula is C21H15N3O2S. The average Bonchev–Trinajstić information content (AvgIpc) is 2.69. The number of carbonyl (C=O) groups excluding carboxylic acids is 2. The van der Waals surface area contributed by atoms with Crippen molar-refractivity contribution in [1.29, 1.82) is 5.26 Å². The fourth-order valence-corrected chi connectivity index (χ4v) is 3.48. The molecule has 0 saturated heterocycles. The standard InChI is InChI=1S/C21H15N3O2S/c22-13-15-6-1-3-10-18(15)27-19-11-4-2-9-17(19)21(26)24-16-8-5-7-14(12-16)20(23)25/h1-12H,(H2,23,25)(H,24,26). The number of amides is 2. The highest BCUT2D eigenvalue weighted by atomic mass is 32.2. The van der Waals surface area contributed by atoms with Crippen molar-refractivity contribution in [2.45, 2.75) is 9.79 Å². The van der Waals surface area contributed by atoms with Gasteiger partial charge in [0.05, 0.1) is 11.1 Å². The van der Waals surface area contributed by atoms with Gasteiger partial charge in [0.25, 0.3) is 5.91 Å². The van der Waals surface area contributed by atoms with E-state index in [1.54, 1.807) is 42.5 Å². The second kappa shape index (κ2) is 8.21. The Kier molecular flexibility index (Phi) is 5.55. The van der Waals surface area contributed by atoms with Crippen molar-refractivity contribution < 1.29 is 9.59 Å². The predicted molar refractivity (Wildman–Crippen MR) is 105 cm³/mol. The van der Waals surface area contributed by atoms with E-state index in [1.165, 1.54) is 17.8 Å². The number of rotatable bonds is 5. The van der Waals surface area contributed by atoms with Crippen molar-refractivity contribution in [2.75, 3.05) is 5.32 Å². The Morgan fingerprint density at radius 1 is 0.926 bits per heavy atom. The maximum atomic E-state index is 12.8. The summed E-state index contributed by atoms with van der Waals surface area (Å²) in [5.74, 6) is -0.871. The molecule has 0 aromatic heterocycles. The van der Waals surface area contributed by atoms with Gasteiger partial charge in [0.2, 0.25) is 5.91 Å². The van der Waals surface area contributed by atoms with Crippen molar-refractivity contribution in [3.63, 3.8) is 0 Å². The molecular weight excluding hydrogens is 358 g/mol. The van der Waals surface area contributed by atoms with E-state index < -0.39 is 5.91 Å². The molecule has 132 valence electrons. The van der Waals surface area contributed by atoms with E-state index in [1.807, 2.05) is 24.3 Å². The second-order valence-electron chi connectivity index (χ2n) is 5.61. The van der Waals surface area contributed by atoms with Gasteiger partial charge in [-0.3, -0.25) is 9.59 Å². The fraction of sp³-hybridized carbons (Fsp3) is 0. The molecule has 0 fully saturated rings. The molecule has 27 heavy (non-hydrogen) atoms. The van der Waals surface area contributed by atoms with Gasteiger partial charge in [0.1, 0.15) is 6.07 Å². The van der Waals surface area contributed by atoms with Gasteiger partial charge in [-0.2, -0.15) is 5.26 Å². The molecule has 0 aliphatic rings. The lowest BCUT2D eigenvalue weighted by molar-refractivity contribution is 0.0995. The summed E-state index contributed by atoms with van der Waals surface area (Å²) in [4.78, 5) is 25.6. The van der Waals surface area contributed by atoms with Crippen LogP contribution in [0.2, 0.25) is 0 Å². The first-order valence-corrected chi connectivity index (χ1v) is 8.87. The molecule has 0 spiro atoms. The number of nitrogens with two attached hydrogens (primary N) is 1. The highest BCUT2D eigenvalue weighted by Gasteiger charge is 2.14. The van der Waals surface area contributed by atoms with Crippen LogP contribution in [0.15, 0.2) is 82.6 Å². The van der Waals surface area contributed by atoms with E-state index in [-0.39, 0.29) is 5.91 Å². The van der Waals surface area contributed by atoms with Crippen molar-refractivity contribution in [3.05, 3.63) is 89.5 Å². The average molecular weight is 373 g/mol. The van der Waals surface area contributed by atoms with Gasteiger partial charge in [0, 0.05) is 21.0 Å². The number of nitrogens with zero attached hydrogens (tertiary/aromatic N) is 1. The smallest absolute Gasteiger partial charge is 0.256 e. The zero-order valence-electron chi connectivity index (χ0n) is 14.2. The molecule has 0 radical (unpaired) electrons. The number of carbonyl (C=O) groups is 2. The minimum Gasteiger partial charge on any atom is -0.366 e. The van der Waals surface area contributed by atoms with Crippen LogP contribution in [0.4, 0.5) is 5.69 Å². The maximum absolute atomic E-state index is 12.8. The summed E-state index contributed by atoms with van der Waals surface area (Å²) in [7, 11) is 0. The quantitative estimate of drug-likeness (QED) is 0.705. The molecule has 3 aromatic carbocycles. The maximum Gasteiger partial charge on any atom is 0.256 e. The third kappa shape index (κ3) is 4.35. The first-order valence-electron chi connectivity index (χ1n) is 8.05. The molecule has 0 atom stereocenters. The second-order valence-corrected chi connectivity index (χ2v) is 6.69. The topological polar surface area (TPSA) is 96.0 Å². The molecule has 0 bridgehead atoms. The molecule has 6 heteroatoms. The fourth-order valence-electron chi connectivity index (χ4n) is 2.46. The zero-order chi connectivity index (χ0) is 19.2. The number of primary amides is 1. The molecule has 3 rings (SSSR count). The van der Waals surface area contributed by atoms with Gasteiger partial charge in [-0.1, -0.05) is 42.1 Å². The monoisotopic (exact) mass is 373 g/mol. The zero-order valence-corrected chi connectivity index (χ0v) is 15.0. The van der Waals surface area contributed by atoms with E-state index in [0.717, 1.165) is 9.79 Å². The summed E-state index contributed by atoms with van der Waals surface area (Å²) in [5, 5.41) is 12.0. The van der Waals surface area contributed by atoms with Gasteiger partial charge >= 0.3 is 0 Å². The molecule has 0 aliphatic carbocycles. The van der Waals surface area contributed by atoms with Gasteiger partial charge in [-0.25, -0.2) is 0 Å². The third-order valence-corrected chi connectivity index (χ3v) is 4.92. The Morgan fingerprint density at radius 3 is 2.37 bits per heavy atom. The minimum atomic E-state index is -0.560. The Balaban J connectivity index is 1.87. The summed E-state index contributed by atoms with van der Waals surface area (Å²) in [6.45, 7) is 0. The lowest BCUT2D eigenvalue weighted by Gasteiger charge is -2.11. The first kappa shape index (κ1) is 18.2. The first-order chi connectivity index (χ1) is 13.1. The number of hydrogen-bond donors (Lipinski definition) is 2. The highest BCUT2D eigenvalue weighted by molar-refractivity contribution is 7.99. The van der Waals surface area contributed by atoms with Crippen LogP contribution in [0, 0.1) is 11.3 Å². The van der Waals surface area contributed by atoms with Crippen LogP contribution < -0.4 is 11.1 Å². The van der Waals surface area contributed by atoms with Crippen LogP contribution in [0.1, 0.15) is 26.3 Å². The van der Waals surface area contributed by atoms with E-state index in [4.69, 9.17) is 5.73 Å². The third-order valence-electron chi connectivity index (χ3n) is 3.76. The Bertz CT molecular complexity index is 1060. The Morgan fingerprint density at radius 2 is 1.63 bits per heavy atom. The Labute approximate surface area is 160 Å². The summed E-state index contributed by atoms with van der Waals surface area (Å²) in [6, 6.07) is 23.0. The van der Waals surface area contributed by atoms with Gasteiger partial charge in [-0.15, -0.1) is 0 Å². The number of benzene rings is 3. The van der Waals surface area contributed by atoms with Crippen LogP contribution in [0.5, 0.6) is 0 Å². The largest absolute Gasteiger partial charge is 0.366 e. The summed E-state index contributed by atoms with van der Waals surface area (Å²) in [6.07, 6.45) is 0. The van der Waals surface area contributed by atoms with E-state index in [0.29, 0.717) is 22.4 Å². The van der Waals surface area contributed by atoms with Crippen LogP contribution in [-0.2, 0) is 0 Å². The number of nitriles is 1. The molecule has 0 heterocycles. The SMILES string of the molecule is N#Cc1ccccc1Sc1ccccc1C(=O)Nc1cccc(C(N)=O)c1. The van der Waals surface area contributed by atoms with E-state index >= 15 is 0 Å². The summed E-state index contributed by atoms with van der Waals surface area (Å²) >= 11 is 1.35. The lowest BCUT2D eigenvalue weighted by atomic mass is 10.1.